The molecule has 4 aromatic heterocycles. The van der Waals surface area contributed by atoms with Gasteiger partial charge in [0.25, 0.3) is 11.8 Å². The van der Waals surface area contributed by atoms with Gasteiger partial charge in [0.1, 0.15) is 40.5 Å². The van der Waals surface area contributed by atoms with Crippen molar-refractivity contribution in [3.8, 4) is 23.3 Å². The summed E-state index contributed by atoms with van der Waals surface area (Å²) in [5, 5.41) is 14.4. The second-order valence-electron chi connectivity index (χ2n) is 17.0. The number of nitrogens with one attached hydrogen (secondary N) is 2. The zero-order valence-corrected chi connectivity index (χ0v) is 39.9. The number of sulfonamides is 1. The second kappa shape index (κ2) is 20.0. The minimum atomic E-state index is -3.20. The quantitative estimate of drug-likeness (QED) is 0.0691. The molecule has 5 heterocycles. The molecule has 69 heavy (non-hydrogen) atoms. The number of hydrogen-bond donors (Lipinski definition) is 4. The van der Waals surface area contributed by atoms with E-state index in [1.54, 1.807) is 48.8 Å². The molecule has 1 saturated carbocycles. The van der Waals surface area contributed by atoms with E-state index in [1.165, 1.54) is 31.4 Å². The molecule has 1 aliphatic carbocycles. The van der Waals surface area contributed by atoms with Crippen molar-refractivity contribution in [3.05, 3.63) is 82.5 Å². The molecule has 8 rings (SSSR count). The van der Waals surface area contributed by atoms with Crippen LogP contribution in [-0.4, -0.2) is 107 Å². The van der Waals surface area contributed by atoms with Crippen LogP contribution in [0.3, 0.4) is 0 Å². The van der Waals surface area contributed by atoms with Crippen LogP contribution < -0.4 is 31.6 Å². The highest BCUT2D eigenvalue weighted by molar-refractivity contribution is 7.90. The highest BCUT2D eigenvalue weighted by Crippen LogP contribution is 2.35. The molecule has 0 bridgehead atoms. The van der Waals surface area contributed by atoms with Gasteiger partial charge in [0.05, 0.1) is 34.8 Å². The Morgan fingerprint density at radius 2 is 1.23 bits per heavy atom. The van der Waals surface area contributed by atoms with Crippen LogP contribution in [0.15, 0.2) is 48.6 Å². The van der Waals surface area contributed by atoms with Gasteiger partial charge in [-0.25, -0.2) is 22.7 Å². The van der Waals surface area contributed by atoms with Gasteiger partial charge in [-0.05, 0) is 95.7 Å². The smallest absolute Gasteiger partial charge is 0.276 e. The Labute approximate surface area is 398 Å². The van der Waals surface area contributed by atoms with Crippen molar-refractivity contribution in [2.75, 3.05) is 37.4 Å². The lowest BCUT2D eigenvalue weighted by molar-refractivity contribution is 0.0991. The Kier molecular flexibility index (Phi) is 13.9. The lowest BCUT2D eigenvalue weighted by Gasteiger charge is -2.30. The number of allylic oxidation sites excluding steroid dienone is 2. The summed E-state index contributed by atoms with van der Waals surface area (Å²) in [5.74, 6) is 5.03. The summed E-state index contributed by atoms with van der Waals surface area (Å²) in [6.45, 7) is 9.41. The summed E-state index contributed by atoms with van der Waals surface area (Å²) in [4.78, 5) is 62.0. The van der Waals surface area contributed by atoms with Crippen molar-refractivity contribution < 1.29 is 37.1 Å². The SMILES string of the molecule is CCn1nc(C)cc1C(=O)Nc1nc2cc(C(N)=O)cc(OC)c2n1CC=CCn1c(NC(=O)c2cc(C)nn2CC)nc2cc(C(N)=O)cc(OCC#CCC3CCN(S(=O)(=O)C4CC4)CC3)c21. The van der Waals surface area contributed by atoms with Crippen LogP contribution in [0, 0.1) is 31.6 Å². The fourth-order valence-electron chi connectivity index (χ4n) is 8.51. The summed E-state index contributed by atoms with van der Waals surface area (Å²) in [6, 6.07) is 9.41. The van der Waals surface area contributed by atoms with Crippen LogP contribution in [0.1, 0.15) is 99.0 Å². The Balaban J connectivity index is 1.10. The molecule has 4 amide bonds. The molecule has 2 aliphatic rings. The molecule has 1 aliphatic heterocycles. The van der Waals surface area contributed by atoms with Crippen LogP contribution >= 0.6 is 0 Å². The van der Waals surface area contributed by atoms with Gasteiger partial charge in [0.2, 0.25) is 33.7 Å². The number of nitrogens with two attached hydrogens (primary N) is 2. The van der Waals surface area contributed by atoms with Crippen LogP contribution in [-0.2, 0) is 36.2 Å². The van der Waals surface area contributed by atoms with Crippen LogP contribution in [0.5, 0.6) is 11.5 Å². The number of nitrogens with zero attached hydrogens (tertiary/aromatic N) is 9. The van der Waals surface area contributed by atoms with E-state index >= 15 is 0 Å². The lowest BCUT2D eigenvalue weighted by Crippen LogP contribution is -2.40. The maximum atomic E-state index is 13.9. The number of aryl methyl sites for hydroxylation is 4. The molecular formula is C47H55N13O8S. The summed E-state index contributed by atoms with van der Waals surface area (Å²) >= 11 is 0. The third-order valence-corrected chi connectivity index (χ3v) is 14.6. The lowest BCUT2D eigenvalue weighted by atomic mass is 9.95. The number of carbonyl (C=O) groups is 4. The first kappa shape index (κ1) is 48.0. The van der Waals surface area contributed by atoms with Crippen molar-refractivity contribution in [3.63, 3.8) is 0 Å². The van der Waals surface area contributed by atoms with E-state index in [0.29, 0.717) is 83.2 Å². The molecule has 22 heteroatoms. The van der Waals surface area contributed by atoms with Crippen molar-refractivity contribution in [2.24, 2.45) is 17.4 Å². The first-order chi connectivity index (χ1) is 33.1. The molecule has 1 saturated heterocycles. The molecule has 21 nitrogen and oxygen atoms in total. The highest BCUT2D eigenvalue weighted by Gasteiger charge is 2.41. The van der Waals surface area contributed by atoms with E-state index in [2.05, 4.69) is 32.7 Å². The van der Waals surface area contributed by atoms with E-state index in [-0.39, 0.29) is 59.6 Å². The molecule has 0 radical (unpaired) electrons. The molecule has 2 aromatic carbocycles. The Hall–Kier alpha value is -7.51. The number of hydrogen-bond acceptors (Lipinski definition) is 12. The summed E-state index contributed by atoms with van der Waals surface area (Å²) in [6.07, 6.45) is 7.14. The minimum absolute atomic E-state index is 0.0516. The zero-order valence-electron chi connectivity index (χ0n) is 39.1. The van der Waals surface area contributed by atoms with Crippen LogP contribution in [0.4, 0.5) is 11.9 Å². The standard InChI is InChI=1S/C47H55N13O8S/c1-6-59-36(22-28(3)54-59)44(63)52-46-50-34-24-31(42(48)61)26-38(67-5)40(34)57(46)17-9-10-18-58-41-35(51-47(58)53-45(64)37-23-29(4)55-60(37)7-2)25-32(43(49)62)27-39(41)68-21-11-8-12-30-15-19-56(20-16-30)69(65,66)33-13-14-33/h9-10,22-27,30,33H,6-7,12-21H2,1-5H3,(H2,48,61)(H2,49,62)(H,50,52,63)(H,51,53,64). The molecule has 362 valence electrons. The van der Waals surface area contributed by atoms with Gasteiger partial charge in [0.15, 0.2) is 0 Å². The number of piperidine rings is 1. The zero-order chi connectivity index (χ0) is 49.1. The number of primary amides is 2. The predicted octanol–water partition coefficient (Wildman–Crippen LogP) is 4.38. The van der Waals surface area contributed by atoms with Gasteiger partial charge in [-0.1, -0.05) is 24.0 Å². The van der Waals surface area contributed by atoms with Crippen molar-refractivity contribution >= 4 is 67.6 Å². The first-order valence-corrected chi connectivity index (χ1v) is 24.3. The van der Waals surface area contributed by atoms with E-state index in [9.17, 15) is 27.6 Å². The van der Waals surface area contributed by atoms with Crippen molar-refractivity contribution in [2.45, 2.75) is 91.2 Å². The number of methoxy groups -OCH3 is 1. The fourth-order valence-corrected chi connectivity index (χ4v) is 10.4. The van der Waals surface area contributed by atoms with Crippen molar-refractivity contribution in [1.82, 2.24) is 43.0 Å². The molecule has 6 N–H and O–H groups in total. The maximum absolute atomic E-state index is 13.9. The number of anilines is 2. The number of ether oxygens (including phenoxy) is 2. The first-order valence-electron chi connectivity index (χ1n) is 22.8. The van der Waals surface area contributed by atoms with Gasteiger partial charge >= 0.3 is 0 Å². The van der Waals surface area contributed by atoms with Gasteiger partial charge in [-0.2, -0.15) is 10.2 Å². The summed E-state index contributed by atoms with van der Waals surface area (Å²) in [7, 11) is -1.75. The summed E-state index contributed by atoms with van der Waals surface area (Å²) in [5.41, 5.74) is 15.3. The van der Waals surface area contributed by atoms with Crippen LogP contribution in [0.25, 0.3) is 22.1 Å². The Morgan fingerprint density at radius 1 is 0.739 bits per heavy atom. The normalized spacial score (nSPS) is 14.6. The second-order valence-corrected chi connectivity index (χ2v) is 19.2. The number of imidazole rings is 2. The fraction of sp³-hybridized carbons (Fsp3) is 0.404. The topological polar surface area (TPSA) is 272 Å². The Bertz CT molecular complexity index is 3190. The molecule has 0 spiro atoms. The molecule has 0 unspecified atom stereocenters. The molecular weight excluding hydrogens is 907 g/mol. The summed E-state index contributed by atoms with van der Waals surface area (Å²) < 4.78 is 45.6. The monoisotopic (exact) mass is 961 g/mol. The predicted molar refractivity (Wildman–Crippen MR) is 258 cm³/mol. The van der Waals surface area contributed by atoms with E-state index in [4.69, 9.17) is 30.9 Å². The molecule has 0 atom stereocenters. The van der Waals surface area contributed by atoms with Gasteiger partial charge in [-0.15, -0.1) is 0 Å². The highest BCUT2D eigenvalue weighted by atomic mass is 32.2. The van der Waals surface area contributed by atoms with Gasteiger partial charge < -0.3 is 30.1 Å². The largest absolute Gasteiger partial charge is 0.494 e. The third kappa shape index (κ3) is 10.2. The number of benzene rings is 2. The van der Waals surface area contributed by atoms with E-state index < -0.39 is 33.7 Å². The number of aromatic nitrogens is 8. The maximum Gasteiger partial charge on any atom is 0.276 e. The average Bonchev–Trinajstić information content (AvgIpc) is 3.73. The number of amides is 4. The Morgan fingerprint density at radius 3 is 1.70 bits per heavy atom. The van der Waals surface area contributed by atoms with Gasteiger partial charge in [0, 0.05) is 56.8 Å². The number of rotatable bonds is 18. The van der Waals surface area contributed by atoms with E-state index in [0.717, 1.165) is 25.7 Å². The number of carbonyl (C=O) groups excluding carboxylic acids is 4. The minimum Gasteiger partial charge on any atom is -0.494 e. The molecule has 2 fully saturated rings. The van der Waals surface area contributed by atoms with Gasteiger partial charge in [-0.3, -0.25) is 39.2 Å². The average molecular weight is 962 g/mol. The third-order valence-electron chi connectivity index (χ3n) is 12.2. The van der Waals surface area contributed by atoms with Crippen LogP contribution in [0.2, 0.25) is 0 Å². The van der Waals surface area contributed by atoms with Crippen molar-refractivity contribution in [1.29, 1.82) is 0 Å². The molecule has 6 aromatic rings. The van der Waals surface area contributed by atoms with E-state index in [1.807, 2.05) is 26.0 Å². The number of fused-ring (bicyclic) bond motifs is 2.